The van der Waals surface area contributed by atoms with Crippen LogP contribution in [0.5, 0.6) is 0 Å². The fraction of sp³-hybridized carbons (Fsp3) is 0.364. The summed E-state index contributed by atoms with van der Waals surface area (Å²) in [7, 11) is 3.58. The lowest BCUT2D eigenvalue weighted by Crippen LogP contribution is -2.44. The maximum atomic E-state index is 11.7. The monoisotopic (exact) mass is 220 g/mol. The van der Waals surface area contributed by atoms with Gasteiger partial charge in [-0.25, -0.2) is 4.98 Å². The Kier molecular flexibility index (Phi) is 2.38. The molecule has 2 aromatic rings. The molecule has 1 amide bonds. The standard InChI is InChI=1S/C11H14N4O/c1-7-5-8(2)15-6-13-9(10(16)12-3)11(15)14(7)4/h5-6H,1-4H3/p+2. The van der Waals surface area contributed by atoms with E-state index in [2.05, 4.69) is 16.4 Å². The van der Waals surface area contributed by atoms with Gasteiger partial charge >= 0.3 is 23.6 Å². The highest BCUT2D eigenvalue weighted by Gasteiger charge is 2.28. The van der Waals surface area contributed by atoms with Crippen LogP contribution >= 0.6 is 0 Å². The van der Waals surface area contributed by atoms with Crippen LogP contribution in [0, 0.1) is 13.8 Å². The van der Waals surface area contributed by atoms with Crippen LogP contribution in [0.1, 0.15) is 21.9 Å². The summed E-state index contributed by atoms with van der Waals surface area (Å²) in [5.41, 5.74) is 3.66. The van der Waals surface area contributed by atoms with Crippen LogP contribution in [0.4, 0.5) is 0 Å². The lowest BCUT2D eigenvalue weighted by Gasteiger charge is -1.98. The van der Waals surface area contributed by atoms with Crippen molar-refractivity contribution in [1.82, 2.24) is 10.3 Å². The highest BCUT2D eigenvalue weighted by Crippen LogP contribution is 2.02. The molecule has 2 aromatic heterocycles. The molecule has 0 unspecified atom stereocenters. The molecule has 0 atom stereocenters. The highest BCUT2D eigenvalue weighted by molar-refractivity contribution is 5.96. The fourth-order valence-corrected chi connectivity index (χ4v) is 1.90. The molecule has 2 N–H and O–H groups in total. The van der Waals surface area contributed by atoms with Gasteiger partial charge in [-0.1, -0.05) is 0 Å². The summed E-state index contributed by atoms with van der Waals surface area (Å²) in [6, 6.07) is 2.08. The van der Waals surface area contributed by atoms with Gasteiger partial charge in [0, 0.05) is 27.0 Å². The van der Waals surface area contributed by atoms with Gasteiger partial charge in [-0.05, 0) is 0 Å². The van der Waals surface area contributed by atoms with E-state index in [0.29, 0.717) is 5.69 Å². The van der Waals surface area contributed by atoms with Gasteiger partial charge in [0.1, 0.15) is 18.4 Å². The van der Waals surface area contributed by atoms with E-state index in [4.69, 9.17) is 0 Å². The molecule has 0 saturated heterocycles. The highest BCUT2D eigenvalue weighted by atomic mass is 16.1. The Morgan fingerprint density at radius 2 is 2.06 bits per heavy atom. The topological polar surface area (TPSA) is 52.9 Å². The number of nitrogens with zero attached hydrogens (tertiary/aromatic N) is 2. The maximum absolute atomic E-state index is 11.7. The van der Waals surface area contributed by atoms with E-state index < -0.39 is 0 Å². The molecule has 0 fully saturated rings. The first-order valence-corrected chi connectivity index (χ1v) is 5.17. The quantitative estimate of drug-likeness (QED) is 0.629. The molecule has 0 saturated carbocycles. The second kappa shape index (κ2) is 3.59. The van der Waals surface area contributed by atoms with E-state index in [0.717, 1.165) is 17.0 Å². The zero-order valence-corrected chi connectivity index (χ0v) is 9.96. The van der Waals surface area contributed by atoms with Crippen molar-refractivity contribution >= 4 is 11.6 Å². The summed E-state index contributed by atoms with van der Waals surface area (Å²) in [6.45, 7) is 4.04. The Hall–Kier alpha value is -1.91. The van der Waals surface area contributed by atoms with Crippen LogP contribution in [-0.4, -0.2) is 17.9 Å². The second-order valence-corrected chi connectivity index (χ2v) is 3.91. The molecule has 0 aliphatic carbocycles. The average molecular weight is 220 g/mol. The summed E-state index contributed by atoms with van der Waals surface area (Å²) < 4.78 is 3.96. The predicted molar refractivity (Wildman–Crippen MR) is 58.0 cm³/mol. The van der Waals surface area contributed by atoms with Gasteiger partial charge in [-0.2, -0.15) is 4.57 Å². The Morgan fingerprint density at radius 1 is 1.38 bits per heavy atom. The summed E-state index contributed by atoms with van der Waals surface area (Å²) in [5, 5.41) is 2.63. The van der Waals surface area contributed by atoms with Gasteiger partial charge < -0.3 is 5.32 Å². The lowest BCUT2D eigenvalue weighted by atomic mass is 10.3. The number of rotatable bonds is 1. The van der Waals surface area contributed by atoms with Crippen LogP contribution in [0.25, 0.3) is 5.65 Å². The normalized spacial score (nSPS) is 10.8. The van der Waals surface area contributed by atoms with Crippen LogP contribution < -0.4 is 14.3 Å². The summed E-state index contributed by atoms with van der Waals surface area (Å²) in [4.78, 5) is 14.7. The number of hydrogen-bond acceptors (Lipinski definition) is 1. The van der Waals surface area contributed by atoms with Crippen LogP contribution in [0.15, 0.2) is 12.4 Å². The van der Waals surface area contributed by atoms with Crippen molar-refractivity contribution in [3.8, 4) is 0 Å². The fourth-order valence-electron chi connectivity index (χ4n) is 1.90. The van der Waals surface area contributed by atoms with Gasteiger partial charge in [0.05, 0.1) is 0 Å². The van der Waals surface area contributed by atoms with Crippen LogP contribution in [0.2, 0.25) is 0 Å². The molecule has 2 rings (SSSR count). The molecular formula is C11H16N4O+2. The van der Waals surface area contributed by atoms with Crippen molar-refractivity contribution in [1.29, 1.82) is 0 Å². The number of nitrogens with one attached hydrogen (secondary N) is 2. The Labute approximate surface area is 93.7 Å². The van der Waals surface area contributed by atoms with Crippen LogP contribution in [-0.2, 0) is 7.05 Å². The van der Waals surface area contributed by atoms with Gasteiger partial charge in [-0.15, -0.1) is 4.40 Å². The molecule has 0 aliphatic heterocycles. The third-order valence-corrected chi connectivity index (χ3v) is 2.89. The molecule has 5 heteroatoms. The molecule has 2 heterocycles. The minimum atomic E-state index is -0.108. The molecule has 5 nitrogen and oxygen atoms in total. The SMILES string of the molecule is CNC(=O)c1[nH]c[n+]2c(C)cc(C)[n+](C)c12. The molecule has 0 spiro atoms. The Morgan fingerprint density at radius 3 is 2.69 bits per heavy atom. The number of imidazole rings is 1. The van der Waals surface area contributed by atoms with Gasteiger partial charge in [0.25, 0.3) is 0 Å². The van der Waals surface area contributed by atoms with E-state index >= 15 is 0 Å². The zero-order valence-electron chi connectivity index (χ0n) is 9.96. The summed E-state index contributed by atoms with van der Waals surface area (Å²) in [6.07, 6.45) is 1.80. The average Bonchev–Trinajstić information content (AvgIpc) is 2.70. The molecule has 0 aromatic carbocycles. The molecule has 0 radical (unpaired) electrons. The van der Waals surface area contributed by atoms with Gasteiger partial charge in [0.2, 0.25) is 0 Å². The number of aromatic nitrogens is 3. The number of carbonyl (C=O) groups excluding carboxylic acids is 1. The van der Waals surface area contributed by atoms with E-state index in [-0.39, 0.29) is 5.91 Å². The predicted octanol–water partition coefficient (Wildman–Crippen LogP) is -0.446. The Bertz CT molecular complexity index is 571. The van der Waals surface area contributed by atoms with E-state index in [1.165, 1.54) is 0 Å². The number of H-pyrrole nitrogens is 1. The largest absolute Gasteiger partial charge is 0.406 e. The molecule has 16 heavy (non-hydrogen) atoms. The lowest BCUT2D eigenvalue weighted by molar-refractivity contribution is -0.719. The van der Waals surface area contributed by atoms with Crippen molar-refractivity contribution in [3.05, 3.63) is 29.5 Å². The first-order chi connectivity index (χ1) is 7.56. The van der Waals surface area contributed by atoms with Crippen molar-refractivity contribution in [3.63, 3.8) is 0 Å². The van der Waals surface area contributed by atoms with Crippen molar-refractivity contribution in [2.45, 2.75) is 13.8 Å². The summed E-state index contributed by atoms with van der Waals surface area (Å²) >= 11 is 0. The summed E-state index contributed by atoms with van der Waals surface area (Å²) in [5.74, 6) is -0.108. The number of aryl methyl sites for hydroxylation is 3. The number of fused-ring (bicyclic) bond motifs is 1. The third-order valence-electron chi connectivity index (χ3n) is 2.89. The third kappa shape index (κ3) is 1.36. The van der Waals surface area contributed by atoms with E-state index in [1.54, 1.807) is 13.4 Å². The molecule has 0 bridgehead atoms. The minimum absolute atomic E-state index is 0.108. The number of aromatic amines is 1. The van der Waals surface area contributed by atoms with Gasteiger partial charge in [0.15, 0.2) is 0 Å². The van der Waals surface area contributed by atoms with Crippen molar-refractivity contribution in [2.24, 2.45) is 7.05 Å². The Balaban J connectivity index is 2.85. The molecular weight excluding hydrogens is 204 g/mol. The van der Waals surface area contributed by atoms with Crippen molar-refractivity contribution in [2.75, 3.05) is 7.05 Å². The van der Waals surface area contributed by atoms with E-state index in [9.17, 15) is 4.79 Å². The van der Waals surface area contributed by atoms with Gasteiger partial charge in [-0.3, -0.25) is 4.79 Å². The van der Waals surface area contributed by atoms with E-state index in [1.807, 2.05) is 29.9 Å². The zero-order chi connectivity index (χ0) is 11.9. The molecule has 84 valence electrons. The van der Waals surface area contributed by atoms with Crippen molar-refractivity contribution < 1.29 is 13.8 Å². The first-order valence-electron chi connectivity index (χ1n) is 5.17. The number of amides is 1. The minimum Gasteiger partial charge on any atom is -0.351 e. The number of hydrogen-bond donors (Lipinski definition) is 2. The smallest absolute Gasteiger partial charge is 0.351 e. The number of carbonyl (C=O) groups is 1. The molecule has 0 aliphatic rings. The van der Waals surface area contributed by atoms with Crippen LogP contribution in [0.3, 0.4) is 0 Å². The first kappa shape index (κ1) is 10.6. The second-order valence-electron chi connectivity index (χ2n) is 3.91. The maximum Gasteiger partial charge on any atom is 0.406 e.